The number of ether oxygens (including phenoxy) is 1. The first kappa shape index (κ1) is 20.7. The topological polar surface area (TPSA) is 84.8 Å². The fourth-order valence-corrected chi connectivity index (χ4v) is 3.17. The molecule has 0 fully saturated rings. The number of nitrogens with zero attached hydrogens (tertiary/aromatic N) is 3. The highest BCUT2D eigenvalue weighted by Gasteiger charge is 2.36. The molecule has 2 N–H and O–H groups in total. The van der Waals surface area contributed by atoms with Crippen molar-refractivity contribution in [2.75, 3.05) is 11.9 Å². The number of alkyl halides is 3. The lowest BCUT2D eigenvalue weighted by Gasteiger charge is -2.10. The predicted molar refractivity (Wildman–Crippen MR) is 109 cm³/mol. The number of carbonyl (C=O) groups is 1. The number of aromatic amines is 1. The van der Waals surface area contributed by atoms with Crippen molar-refractivity contribution >= 4 is 34.2 Å². The molecule has 0 radical (unpaired) electrons. The second-order valence-corrected chi connectivity index (χ2v) is 7.03. The average molecular weight is 450 g/mol. The minimum absolute atomic E-state index is 0.178. The Hall–Kier alpha value is -3.53. The minimum Gasteiger partial charge on any atom is -0.467 e. The van der Waals surface area contributed by atoms with Gasteiger partial charge in [0.25, 0.3) is 5.91 Å². The number of anilines is 1. The zero-order valence-corrected chi connectivity index (χ0v) is 16.8. The number of imidazole rings is 1. The molecule has 4 aromatic rings. The van der Waals surface area contributed by atoms with Crippen LogP contribution in [0.5, 0.6) is 5.88 Å². The molecule has 2 aromatic heterocycles. The van der Waals surface area contributed by atoms with E-state index in [9.17, 15) is 18.0 Å². The van der Waals surface area contributed by atoms with E-state index < -0.39 is 24.4 Å². The van der Waals surface area contributed by atoms with Gasteiger partial charge in [-0.1, -0.05) is 23.7 Å². The van der Waals surface area contributed by atoms with E-state index >= 15 is 0 Å². The fourth-order valence-electron chi connectivity index (χ4n) is 2.95. The molecule has 0 saturated carbocycles. The Kier molecular flexibility index (Phi) is 5.32. The van der Waals surface area contributed by atoms with Crippen molar-refractivity contribution in [3.8, 4) is 11.6 Å². The van der Waals surface area contributed by atoms with Gasteiger partial charge in [-0.3, -0.25) is 4.79 Å². The predicted octanol–water partition coefficient (Wildman–Crippen LogP) is 4.75. The zero-order chi connectivity index (χ0) is 22.2. The van der Waals surface area contributed by atoms with Gasteiger partial charge >= 0.3 is 6.18 Å². The number of halogens is 4. The normalized spacial score (nSPS) is 11.6. The Labute approximate surface area is 178 Å². The molecule has 0 bridgehead atoms. The van der Waals surface area contributed by atoms with Gasteiger partial charge in [0.2, 0.25) is 5.88 Å². The molecule has 0 unspecified atom stereocenters. The van der Waals surface area contributed by atoms with Crippen LogP contribution in [0.25, 0.3) is 16.7 Å². The number of nitrogens with one attached hydrogen (secondary N) is 2. The summed E-state index contributed by atoms with van der Waals surface area (Å²) in [5, 5.41) is 6.36. The third kappa shape index (κ3) is 4.48. The van der Waals surface area contributed by atoms with E-state index in [-0.39, 0.29) is 16.6 Å². The molecule has 1 amide bonds. The number of aromatic nitrogens is 4. The maximum absolute atomic E-state index is 13.2. The van der Waals surface area contributed by atoms with Crippen LogP contribution in [0.2, 0.25) is 5.02 Å². The molecule has 2 heterocycles. The summed E-state index contributed by atoms with van der Waals surface area (Å²) < 4.78 is 45.8. The first-order chi connectivity index (χ1) is 14.7. The molecule has 0 aliphatic heterocycles. The molecule has 0 aliphatic carbocycles. The van der Waals surface area contributed by atoms with Crippen molar-refractivity contribution in [2.45, 2.75) is 13.1 Å². The van der Waals surface area contributed by atoms with Crippen LogP contribution in [0.15, 0.2) is 48.5 Å². The Morgan fingerprint density at radius 3 is 2.74 bits per heavy atom. The molecule has 0 aliphatic rings. The van der Waals surface area contributed by atoms with E-state index in [1.165, 1.54) is 12.1 Å². The zero-order valence-electron chi connectivity index (χ0n) is 16.0. The maximum Gasteiger partial charge on any atom is 0.435 e. The molecule has 0 saturated heterocycles. The van der Waals surface area contributed by atoms with Crippen molar-refractivity contribution in [1.82, 2.24) is 19.7 Å². The van der Waals surface area contributed by atoms with Gasteiger partial charge in [-0.05, 0) is 37.3 Å². The Bertz CT molecular complexity index is 1270. The lowest BCUT2D eigenvalue weighted by atomic mass is 10.3. The van der Waals surface area contributed by atoms with Gasteiger partial charge in [0.1, 0.15) is 5.82 Å². The number of benzene rings is 2. The van der Waals surface area contributed by atoms with Crippen LogP contribution in [0, 0.1) is 6.92 Å². The summed E-state index contributed by atoms with van der Waals surface area (Å²) in [7, 11) is 0. The highest BCUT2D eigenvalue weighted by Crippen LogP contribution is 2.33. The van der Waals surface area contributed by atoms with E-state index in [0.717, 1.165) is 27.6 Å². The summed E-state index contributed by atoms with van der Waals surface area (Å²) in [5.74, 6) is -0.0959. The van der Waals surface area contributed by atoms with E-state index in [2.05, 4.69) is 20.4 Å². The SMILES string of the molecule is Cc1nc2ccc(NC(=O)COc3cc(C(F)(F)F)nn3-c3ccccc3Cl)cc2[nH]1. The molecular formula is C20H15ClF3N5O2. The first-order valence-corrected chi connectivity index (χ1v) is 9.40. The third-order valence-electron chi connectivity index (χ3n) is 4.28. The van der Waals surface area contributed by atoms with Crippen LogP contribution < -0.4 is 10.1 Å². The van der Waals surface area contributed by atoms with Crippen LogP contribution in [0.3, 0.4) is 0 Å². The van der Waals surface area contributed by atoms with Gasteiger partial charge in [-0.25, -0.2) is 4.98 Å². The maximum atomic E-state index is 13.2. The van der Waals surface area contributed by atoms with E-state index in [0.29, 0.717) is 5.69 Å². The van der Waals surface area contributed by atoms with E-state index in [4.69, 9.17) is 16.3 Å². The molecule has 4 rings (SSSR count). The third-order valence-corrected chi connectivity index (χ3v) is 4.60. The summed E-state index contributed by atoms with van der Waals surface area (Å²) in [6.45, 7) is 1.27. The largest absolute Gasteiger partial charge is 0.467 e. The van der Waals surface area contributed by atoms with Crippen LogP contribution in [-0.4, -0.2) is 32.3 Å². The minimum atomic E-state index is -4.69. The monoisotopic (exact) mass is 449 g/mol. The summed E-state index contributed by atoms with van der Waals surface area (Å²) >= 11 is 6.09. The van der Waals surface area contributed by atoms with Crippen LogP contribution in [0.4, 0.5) is 18.9 Å². The van der Waals surface area contributed by atoms with E-state index in [1.807, 2.05) is 6.92 Å². The molecular weight excluding hydrogens is 435 g/mol. The number of rotatable bonds is 5. The first-order valence-electron chi connectivity index (χ1n) is 9.02. The summed E-state index contributed by atoms with van der Waals surface area (Å²) in [5.41, 5.74) is 0.997. The van der Waals surface area contributed by atoms with Gasteiger partial charge in [0.15, 0.2) is 12.3 Å². The molecule has 0 spiro atoms. The molecule has 31 heavy (non-hydrogen) atoms. The van der Waals surface area contributed by atoms with Crippen LogP contribution in [-0.2, 0) is 11.0 Å². The van der Waals surface area contributed by atoms with Crippen LogP contribution in [0.1, 0.15) is 11.5 Å². The average Bonchev–Trinajstić information content (AvgIpc) is 3.29. The molecule has 11 heteroatoms. The number of hydrogen-bond donors (Lipinski definition) is 2. The quantitative estimate of drug-likeness (QED) is 0.460. The molecule has 2 aromatic carbocycles. The Balaban J connectivity index is 1.53. The number of H-pyrrole nitrogens is 1. The second kappa shape index (κ2) is 7.95. The lowest BCUT2D eigenvalue weighted by Crippen LogP contribution is -2.21. The standard InChI is InChI=1S/C20H15ClF3N5O2/c1-11-25-14-7-6-12(8-15(14)26-11)27-18(30)10-31-19-9-17(20(22,23)24)28-29(19)16-5-3-2-4-13(16)21/h2-9H,10H2,1H3,(H,25,26)(H,27,30). The van der Waals surface area contributed by atoms with Gasteiger partial charge < -0.3 is 15.0 Å². The van der Waals surface area contributed by atoms with Crippen molar-refractivity contribution in [1.29, 1.82) is 0 Å². The Morgan fingerprint density at radius 1 is 1.23 bits per heavy atom. The Morgan fingerprint density at radius 2 is 2.00 bits per heavy atom. The van der Waals surface area contributed by atoms with Gasteiger partial charge in [-0.15, -0.1) is 0 Å². The number of carbonyl (C=O) groups excluding carboxylic acids is 1. The summed E-state index contributed by atoms with van der Waals surface area (Å²) in [4.78, 5) is 19.6. The smallest absolute Gasteiger partial charge is 0.435 e. The van der Waals surface area contributed by atoms with Crippen molar-refractivity contribution in [3.63, 3.8) is 0 Å². The molecule has 7 nitrogen and oxygen atoms in total. The van der Waals surface area contributed by atoms with Gasteiger partial charge in [0.05, 0.1) is 21.7 Å². The number of aryl methyl sites for hydroxylation is 1. The second-order valence-electron chi connectivity index (χ2n) is 6.62. The van der Waals surface area contributed by atoms with Gasteiger partial charge in [0, 0.05) is 11.8 Å². The van der Waals surface area contributed by atoms with E-state index in [1.54, 1.807) is 30.3 Å². The van der Waals surface area contributed by atoms with Crippen LogP contribution >= 0.6 is 11.6 Å². The highest BCUT2D eigenvalue weighted by atomic mass is 35.5. The van der Waals surface area contributed by atoms with Gasteiger partial charge in [-0.2, -0.15) is 23.0 Å². The number of para-hydroxylation sites is 1. The summed E-state index contributed by atoms with van der Waals surface area (Å²) in [6.07, 6.45) is -4.69. The van der Waals surface area contributed by atoms with Crippen molar-refractivity contribution in [3.05, 3.63) is 65.1 Å². The molecule has 0 atom stereocenters. The lowest BCUT2D eigenvalue weighted by molar-refractivity contribution is -0.141. The number of hydrogen-bond acceptors (Lipinski definition) is 4. The number of amides is 1. The summed E-state index contributed by atoms with van der Waals surface area (Å²) in [6, 6.07) is 12.0. The molecule has 160 valence electrons. The highest BCUT2D eigenvalue weighted by molar-refractivity contribution is 6.32. The van der Waals surface area contributed by atoms with Crippen molar-refractivity contribution < 1.29 is 22.7 Å². The van der Waals surface area contributed by atoms with Crippen molar-refractivity contribution in [2.24, 2.45) is 0 Å². The number of fused-ring (bicyclic) bond motifs is 1. The fraction of sp³-hybridized carbons (Fsp3) is 0.150.